The largest absolute Gasteiger partial charge is 0.389 e. The van der Waals surface area contributed by atoms with E-state index in [1.54, 1.807) is 14.2 Å². The van der Waals surface area contributed by atoms with E-state index >= 15 is 0 Å². The minimum Gasteiger partial charge on any atom is -0.389 e. The number of ether oxygens (including phenoxy) is 2. The fourth-order valence-electron chi connectivity index (χ4n) is 2.14. The van der Waals surface area contributed by atoms with Crippen molar-refractivity contribution in [3.8, 4) is 0 Å². The summed E-state index contributed by atoms with van der Waals surface area (Å²) in [5, 5.41) is 10.2. The van der Waals surface area contributed by atoms with Gasteiger partial charge < -0.3 is 20.3 Å². The first-order valence-corrected chi connectivity index (χ1v) is 7.17. The van der Waals surface area contributed by atoms with Crippen LogP contribution in [-0.2, 0) is 9.47 Å². The van der Waals surface area contributed by atoms with Crippen molar-refractivity contribution < 1.29 is 14.6 Å². The topological polar surface area (TPSA) is 68.0 Å². The summed E-state index contributed by atoms with van der Waals surface area (Å²) in [7, 11) is 3.43. The number of hydrogen-bond donors (Lipinski definition) is 2. The minimum absolute atomic E-state index is 0.329. The molecule has 116 valence electrons. The molecule has 0 aliphatic heterocycles. The zero-order chi connectivity index (χ0) is 14.7. The van der Waals surface area contributed by atoms with Gasteiger partial charge in [-0.05, 0) is 32.7 Å². The maximum atomic E-state index is 10.2. The second kappa shape index (κ2) is 10.6. The lowest BCUT2D eigenvalue weighted by Gasteiger charge is -2.30. The van der Waals surface area contributed by atoms with E-state index in [0.717, 1.165) is 25.9 Å². The van der Waals surface area contributed by atoms with E-state index in [-0.39, 0.29) is 0 Å². The Morgan fingerprint density at radius 1 is 1.26 bits per heavy atom. The Morgan fingerprint density at radius 2 is 1.95 bits per heavy atom. The third-order valence-electron chi connectivity index (χ3n) is 3.74. The van der Waals surface area contributed by atoms with Crippen LogP contribution in [0.25, 0.3) is 0 Å². The molecular formula is C14H32N2O3. The van der Waals surface area contributed by atoms with E-state index in [1.807, 2.05) is 6.92 Å². The van der Waals surface area contributed by atoms with Gasteiger partial charge in [0.2, 0.25) is 0 Å². The van der Waals surface area contributed by atoms with Crippen LogP contribution in [0.2, 0.25) is 0 Å². The third-order valence-corrected chi connectivity index (χ3v) is 3.74. The summed E-state index contributed by atoms with van der Waals surface area (Å²) in [5.74, 6) is 0. The molecule has 0 radical (unpaired) electrons. The van der Waals surface area contributed by atoms with Crippen LogP contribution in [0.5, 0.6) is 0 Å². The van der Waals surface area contributed by atoms with Crippen molar-refractivity contribution in [2.45, 2.75) is 44.8 Å². The monoisotopic (exact) mass is 276 g/mol. The van der Waals surface area contributed by atoms with Crippen LogP contribution in [0.3, 0.4) is 0 Å². The second-order valence-corrected chi connectivity index (χ2v) is 5.22. The first-order chi connectivity index (χ1) is 9.02. The van der Waals surface area contributed by atoms with E-state index in [4.69, 9.17) is 15.2 Å². The van der Waals surface area contributed by atoms with Crippen LogP contribution in [0.4, 0.5) is 0 Å². The number of methoxy groups -OCH3 is 2. The van der Waals surface area contributed by atoms with E-state index in [9.17, 15) is 5.11 Å². The average molecular weight is 276 g/mol. The van der Waals surface area contributed by atoms with Crippen molar-refractivity contribution in [2.24, 2.45) is 5.73 Å². The van der Waals surface area contributed by atoms with Gasteiger partial charge in [-0.1, -0.05) is 6.92 Å². The van der Waals surface area contributed by atoms with Crippen LogP contribution in [0.15, 0.2) is 0 Å². The van der Waals surface area contributed by atoms with Gasteiger partial charge in [-0.3, -0.25) is 4.90 Å². The van der Waals surface area contributed by atoms with Crippen LogP contribution < -0.4 is 5.73 Å². The first kappa shape index (κ1) is 18.8. The van der Waals surface area contributed by atoms with Crippen LogP contribution >= 0.6 is 0 Å². The zero-order valence-electron chi connectivity index (χ0n) is 13.0. The normalized spacial score (nSPS) is 16.6. The van der Waals surface area contributed by atoms with E-state index in [2.05, 4.69) is 11.8 Å². The summed E-state index contributed by atoms with van der Waals surface area (Å²) in [6.07, 6.45) is 2.37. The smallest absolute Gasteiger partial charge is 0.0767 e. The molecule has 0 aliphatic carbocycles. The maximum Gasteiger partial charge on any atom is 0.0767 e. The molecular weight excluding hydrogens is 244 g/mol. The zero-order valence-corrected chi connectivity index (χ0v) is 13.0. The van der Waals surface area contributed by atoms with Gasteiger partial charge in [0, 0.05) is 33.4 Å². The highest BCUT2D eigenvalue weighted by molar-refractivity contribution is 4.78. The molecule has 5 heteroatoms. The summed E-state index contributed by atoms with van der Waals surface area (Å²) < 4.78 is 10.3. The van der Waals surface area contributed by atoms with E-state index in [0.29, 0.717) is 32.2 Å². The van der Waals surface area contributed by atoms with Gasteiger partial charge in [-0.15, -0.1) is 0 Å². The van der Waals surface area contributed by atoms with Gasteiger partial charge in [0.15, 0.2) is 0 Å². The molecule has 2 unspecified atom stereocenters. The molecule has 0 amide bonds. The molecule has 0 saturated carbocycles. The highest BCUT2D eigenvalue weighted by Gasteiger charge is 2.23. The van der Waals surface area contributed by atoms with Crippen molar-refractivity contribution in [3.05, 3.63) is 0 Å². The summed E-state index contributed by atoms with van der Waals surface area (Å²) in [6.45, 7) is 7.68. The quantitative estimate of drug-likeness (QED) is 0.553. The van der Waals surface area contributed by atoms with E-state index < -0.39 is 5.60 Å². The molecule has 0 bridgehead atoms. The minimum atomic E-state index is -0.711. The van der Waals surface area contributed by atoms with Crippen LogP contribution in [0.1, 0.15) is 33.1 Å². The predicted octanol–water partition coefficient (Wildman–Crippen LogP) is 0.850. The van der Waals surface area contributed by atoms with Gasteiger partial charge in [0.1, 0.15) is 0 Å². The third kappa shape index (κ3) is 7.84. The molecule has 0 aromatic carbocycles. The van der Waals surface area contributed by atoms with Gasteiger partial charge in [0.25, 0.3) is 0 Å². The van der Waals surface area contributed by atoms with Crippen molar-refractivity contribution >= 4 is 0 Å². The maximum absolute atomic E-state index is 10.2. The fourth-order valence-corrected chi connectivity index (χ4v) is 2.14. The molecule has 0 aromatic heterocycles. The Labute approximate surface area is 118 Å². The Balaban J connectivity index is 4.17. The lowest BCUT2D eigenvalue weighted by atomic mass is 9.94. The van der Waals surface area contributed by atoms with Gasteiger partial charge in [-0.25, -0.2) is 0 Å². The molecule has 0 heterocycles. The van der Waals surface area contributed by atoms with Gasteiger partial charge >= 0.3 is 0 Å². The highest BCUT2D eigenvalue weighted by Crippen LogP contribution is 2.16. The molecule has 0 fully saturated rings. The van der Waals surface area contributed by atoms with Crippen molar-refractivity contribution in [1.82, 2.24) is 4.90 Å². The summed E-state index contributed by atoms with van der Waals surface area (Å²) in [6, 6.07) is 0.354. The number of aliphatic hydroxyl groups is 1. The molecule has 2 atom stereocenters. The highest BCUT2D eigenvalue weighted by atomic mass is 16.5. The Morgan fingerprint density at radius 3 is 2.42 bits per heavy atom. The van der Waals surface area contributed by atoms with Gasteiger partial charge in [-0.2, -0.15) is 0 Å². The lowest BCUT2D eigenvalue weighted by molar-refractivity contribution is 0.0255. The van der Waals surface area contributed by atoms with Crippen LogP contribution in [0, 0.1) is 0 Å². The molecule has 3 N–H and O–H groups in total. The van der Waals surface area contributed by atoms with Crippen molar-refractivity contribution in [2.75, 3.05) is 47.1 Å². The van der Waals surface area contributed by atoms with Crippen LogP contribution in [-0.4, -0.2) is 68.7 Å². The first-order valence-electron chi connectivity index (χ1n) is 7.17. The molecule has 0 aliphatic rings. The Bertz CT molecular complexity index is 211. The number of nitrogens with zero attached hydrogens (tertiary/aromatic N) is 1. The standard InChI is InChI=1S/C14H32N2O3/c1-5-14(17,12-15)7-6-8-16(9-10-18-3)13(2)11-19-4/h13,17H,5-12,15H2,1-4H3. The number of nitrogens with two attached hydrogens (primary N) is 1. The SMILES string of the molecule is CCC(O)(CN)CCCN(CCOC)C(C)COC. The Hall–Kier alpha value is -0.200. The Kier molecular flexibility index (Phi) is 10.5. The molecule has 5 nitrogen and oxygen atoms in total. The van der Waals surface area contributed by atoms with Crippen molar-refractivity contribution in [3.63, 3.8) is 0 Å². The lowest BCUT2D eigenvalue weighted by Crippen LogP contribution is -2.41. The summed E-state index contributed by atoms with van der Waals surface area (Å²) in [5.41, 5.74) is 4.91. The van der Waals surface area contributed by atoms with Gasteiger partial charge in [0.05, 0.1) is 18.8 Å². The molecule has 0 spiro atoms. The van der Waals surface area contributed by atoms with Crippen molar-refractivity contribution in [1.29, 1.82) is 0 Å². The molecule has 0 rings (SSSR count). The number of rotatable bonds is 12. The second-order valence-electron chi connectivity index (χ2n) is 5.22. The number of hydrogen-bond acceptors (Lipinski definition) is 5. The predicted molar refractivity (Wildman–Crippen MR) is 78.3 cm³/mol. The average Bonchev–Trinajstić information content (AvgIpc) is 2.42. The fraction of sp³-hybridized carbons (Fsp3) is 1.00. The van der Waals surface area contributed by atoms with E-state index in [1.165, 1.54) is 0 Å². The summed E-state index contributed by atoms with van der Waals surface area (Å²) in [4.78, 5) is 2.33. The molecule has 19 heavy (non-hydrogen) atoms. The molecule has 0 aromatic rings. The summed E-state index contributed by atoms with van der Waals surface area (Å²) >= 11 is 0. The molecule has 0 saturated heterocycles.